The van der Waals surface area contributed by atoms with E-state index in [4.69, 9.17) is 10.5 Å². The zero-order chi connectivity index (χ0) is 9.26. The zero-order valence-corrected chi connectivity index (χ0v) is 7.19. The summed E-state index contributed by atoms with van der Waals surface area (Å²) < 4.78 is 5.08. The average molecular weight is 175 g/mol. The van der Waals surface area contributed by atoms with Crippen LogP contribution >= 0.6 is 0 Å². The Morgan fingerprint density at radius 1 is 1.23 bits per heavy atom. The maximum Gasteiger partial charge on any atom is 0.225 e. The van der Waals surface area contributed by atoms with Gasteiger partial charge in [0.2, 0.25) is 11.8 Å². The van der Waals surface area contributed by atoms with Crippen LogP contribution in [-0.2, 0) is 0 Å². The standard InChI is InChI=1S/C9H9N3O/c1-13-8-6-4-2-3-5-7(6)11-9(10)12-8/h2-5H,1H3,(H2,10,11,12). The lowest BCUT2D eigenvalue weighted by atomic mass is 10.2. The minimum atomic E-state index is 0.232. The van der Waals surface area contributed by atoms with Crippen LogP contribution in [0.3, 0.4) is 0 Å². The molecule has 0 amide bonds. The fourth-order valence-electron chi connectivity index (χ4n) is 1.22. The van der Waals surface area contributed by atoms with Crippen LogP contribution in [-0.4, -0.2) is 17.1 Å². The molecule has 0 aliphatic carbocycles. The molecule has 0 atom stereocenters. The fraction of sp³-hybridized carbons (Fsp3) is 0.111. The molecule has 2 N–H and O–H groups in total. The molecule has 1 aromatic heterocycles. The van der Waals surface area contributed by atoms with Gasteiger partial charge < -0.3 is 10.5 Å². The average Bonchev–Trinajstić information content (AvgIpc) is 2.16. The number of anilines is 1. The van der Waals surface area contributed by atoms with Gasteiger partial charge in [0.1, 0.15) is 0 Å². The summed E-state index contributed by atoms with van der Waals surface area (Å²) in [6.45, 7) is 0. The minimum Gasteiger partial charge on any atom is -0.480 e. The lowest BCUT2D eigenvalue weighted by molar-refractivity contribution is 0.403. The summed E-state index contributed by atoms with van der Waals surface area (Å²) in [6.07, 6.45) is 0. The quantitative estimate of drug-likeness (QED) is 0.707. The largest absolute Gasteiger partial charge is 0.480 e. The Morgan fingerprint density at radius 2 is 2.00 bits per heavy atom. The van der Waals surface area contributed by atoms with Crippen LogP contribution in [0.1, 0.15) is 0 Å². The molecule has 0 fully saturated rings. The second kappa shape index (κ2) is 2.90. The van der Waals surface area contributed by atoms with E-state index in [-0.39, 0.29) is 5.95 Å². The van der Waals surface area contributed by atoms with E-state index in [1.807, 2.05) is 24.3 Å². The highest BCUT2D eigenvalue weighted by molar-refractivity contribution is 5.84. The van der Waals surface area contributed by atoms with E-state index >= 15 is 0 Å². The Labute approximate surface area is 75.4 Å². The molecule has 1 heterocycles. The number of benzene rings is 1. The third-order valence-corrected chi connectivity index (χ3v) is 1.78. The molecule has 1 aromatic carbocycles. The number of nitrogens with zero attached hydrogens (tertiary/aromatic N) is 2. The first-order valence-electron chi connectivity index (χ1n) is 3.87. The predicted molar refractivity (Wildman–Crippen MR) is 50.5 cm³/mol. The van der Waals surface area contributed by atoms with Crippen molar-refractivity contribution in [3.63, 3.8) is 0 Å². The van der Waals surface area contributed by atoms with Crippen molar-refractivity contribution in [3.05, 3.63) is 24.3 Å². The number of para-hydroxylation sites is 1. The summed E-state index contributed by atoms with van der Waals surface area (Å²) >= 11 is 0. The smallest absolute Gasteiger partial charge is 0.225 e. The third kappa shape index (κ3) is 1.26. The van der Waals surface area contributed by atoms with Gasteiger partial charge in [0, 0.05) is 0 Å². The number of hydrogen-bond acceptors (Lipinski definition) is 4. The SMILES string of the molecule is COc1nc(N)nc2ccccc12. The molecule has 0 saturated heterocycles. The molecule has 13 heavy (non-hydrogen) atoms. The third-order valence-electron chi connectivity index (χ3n) is 1.78. The predicted octanol–water partition coefficient (Wildman–Crippen LogP) is 1.22. The minimum absolute atomic E-state index is 0.232. The summed E-state index contributed by atoms with van der Waals surface area (Å²) in [5.74, 6) is 0.749. The zero-order valence-electron chi connectivity index (χ0n) is 7.19. The van der Waals surface area contributed by atoms with Crippen molar-refractivity contribution < 1.29 is 4.74 Å². The summed E-state index contributed by atoms with van der Waals surface area (Å²) in [5.41, 5.74) is 6.30. The van der Waals surface area contributed by atoms with Crippen molar-refractivity contribution in [1.29, 1.82) is 0 Å². The number of nitrogens with two attached hydrogens (primary N) is 1. The molecule has 0 unspecified atom stereocenters. The summed E-state index contributed by atoms with van der Waals surface area (Å²) in [6, 6.07) is 7.57. The van der Waals surface area contributed by atoms with Gasteiger partial charge in [-0.3, -0.25) is 0 Å². The van der Waals surface area contributed by atoms with Gasteiger partial charge >= 0.3 is 0 Å². The molecule has 4 heteroatoms. The molecule has 0 spiro atoms. The van der Waals surface area contributed by atoms with Crippen LogP contribution in [0.15, 0.2) is 24.3 Å². The molecule has 0 aliphatic heterocycles. The van der Waals surface area contributed by atoms with Crippen molar-refractivity contribution >= 4 is 16.9 Å². The van der Waals surface area contributed by atoms with Gasteiger partial charge in [-0.05, 0) is 12.1 Å². The maximum atomic E-state index is 5.50. The van der Waals surface area contributed by atoms with Crippen LogP contribution in [0.5, 0.6) is 5.88 Å². The Balaban J connectivity index is 2.81. The Morgan fingerprint density at radius 3 is 2.77 bits per heavy atom. The summed E-state index contributed by atoms with van der Waals surface area (Å²) in [4.78, 5) is 8.04. The lowest BCUT2D eigenvalue weighted by Gasteiger charge is -2.03. The van der Waals surface area contributed by atoms with E-state index in [2.05, 4.69) is 9.97 Å². The Kier molecular flexibility index (Phi) is 1.73. The van der Waals surface area contributed by atoms with Gasteiger partial charge in [0.15, 0.2) is 0 Å². The first-order valence-corrected chi connectivity index (χ1v) is 3.87. The monoisotopic (exact) mass is 175 g/mol. The molecule has 0 saturated carbocycles. The maximum absolute atomic E-state index is 5.50. The number of ether oxygens (including phenoxy) is 1. The molecular formula is C9H9N3O. The molecular weight excluding hydrogens is 166 g/mol. The second-order valence-electron chi connectivity index (χ2n) is 2.61. The Bertz CT molecular complexity index is 442. The van der Waals surface area contributed by atoms with E-state index < -0.39 is 0 Å². The first kappa shape index (κ1) is 7.79. The van der Waals surface area contributed by atoms with Crippen molar-refractivity contribution in [2.24, 2.45) is 0 Å². The molecule has 0 bridgehead atoms. The first-order chi connectivity index (χ1) is 6.31. The van der Waals surface area contributed by atoms with Crippen molar-refractivity contribution in [2.75, 3.05) is 12.8 Å². The van der Waals surface area contributed by atoms with E-state index in [1.165, 1.54) is 0 Å². The number of fused-ring (bicyclic) bond motifs is 1. The van der Waals surface area contributed by atoms with Gasteiger partial charge in [-0.1, -0.05) is 12.1 Å². The highest BCUT2D eigenvalue weighted by Crippen LogP contribution is 2.21. The molecule has 0 aliphatic rings. The van der Waals surface area contributed by atoms with Gasteiger partial charge in [-0.2, -0.15) is 4.98 Å². The highest BCUT2D eigenvalue weighted by Gasteiger charge is 2.04. The van der Waals surface area contributed by atoms with Gasteiger partial charge in [-0.15, -0.1) is 0 Å². The second-order valence-corrected chi connectivity index (χ2v) is 2.61. The van der Waals surface area contributed by atoms with E-state index in [0.717, 1.165) is 10.9 Å². The van der Waals surface area contributed by atoms with Crippen molar-refractivity contribution in [3.8, 4) is 5.88 Å². The summed E-state index contributed by atoms with van der Waals surface area (Å²) in [5, 5.41) is 0.874. The number of hydrogen-bond donors (Lipinski definition) is 1. The molecule has 0 radical (unpaired) electrons. The number of rotatable bonds is 1. The van der Waals surface area contributed by atoms with Gasteiger partial charge in [0.05, 0.1) is 18.0 Å². The van der Waals surface area contributed by atoms with E-state index in [1.54, 1.807) is 7.11 Å². The summed E-state index contributed by atoms with van der Waals surface area (Å²) in [7, 11) is 1.56. The number of methoxy groups -OCH3 is 1. The molecule has 4 nitrogen and oxygen atoms in total. The van der Waals surface area contributed by atoms with Gasteiger partial charge in [0.25, 0.3) is 0 Å². The van der Waals surface area contributed by atoms with Crippen molar-refractivity contribution in [1.82, 2.24) is 9.97 Å². The highest BCUT2D eigenvalue weighted by atomic mass is 16.5. The Hall–Kier alpha value is -1.84. The van der Waals surface area contributed by atoms with Crippen LogP contribution in [0.4, 0.5) is 5.95 Å². The normalized spacial score (nSPS) is 10.2. The van der Waals surface area contributed by atoms with E-state index in [0.29, 0.717) is 5.88 Å². The van der Waals surface area contributed by atoms with E-state index in [9.17, 15) is 0 Å². The van der Waals surface area contributed by atoms with Gasteiger partial charge in [-0.25, -0.2) is 4.98 Å². The van der Waals surface area contributed by atoms with Crippen LogP contribution in [0.2, 0.25) is 0 Å². The van der Waals surface area contributed by atoms with Crippen LogP contribution in [0, 0.1) is 0 Å². The fourth-order valence-corrected chi connectivity index (χ4v) is 1.22. The topological polar surface area (TPSA) is 61.0 Å². The van der Waals surface area contributed by atoms with Crippen LogP contribution < -0.4 is 10.5 Å². The number of nitrogen functional groups attached to an aromatic ring is 1. The molecule has 66 valence electrons. The number of aromatic nitrogens is 2. The lowest BCUT2D eigenvalue weighted by Crippen LogP contribution is -1.98. The molecule has 2 rings (SSSR count). The van der Waals surface area contributed by atoms with Crippen molar-refractivity contribution in [2.45, 2.75) is 0 Å². The van der Waals surface area contributed by atoms with Crippen LogP contribution in [0.25, 0.3) is 10.9 Å². The molecule has 2 aromatic rings.